The molecular formula is C19H22N4O3S. The summed E-state index contributed by atoms with van der Waals surface area (Å²) in [4.78, 5) is 7.09. The van der Waals surface area contributed by atoms with Crippen molar-refractivity contribution in [3.05, 3.63) is 53.9 Å². The molecule has 7 nitrogen and oxygen atoms in total. The van der Waals surface area contributed by atoms with Crippen molar-refractivity contribution < 1.29 is 13.2 Å². The van der Waals surface area contributed by atoms with E-state index in [9.17, 15) is 8.42 Å². The lowest BCUT2D eigenvalue weighted by molar-refractivity contribution is 0.211. The molecule has 27 heavy (non-hydrogen) atoms. The van der Waals surface area contributed by atoms with E-state index < -0.39 is 10.0 Å². The molecule has 0 amide bonds. The summed E-state index contributed by atoms with van der Waals surface area (Å²) in [7, 11) is -1.63. The number of sulfonamides is 1. The lowest BCUT2D eigenvalue weighted by Gasteiger charge is -2.27. The van der Waals surface area contributed by atoms with Gasteiger partial charge >= 0.3 is 0 Å². The van der Waals surface area contributed by atoms with E-state index in [1.807, 2.05) is 18.2 Å². The van der Waals surface area contributed by atoms with Crippen LogP contribution in [0.25, 0.3) is 11.0 Å². The highest BCUT2D eigenvalue weighted by Crippen LogP contribution is 2.25. The zero-order chi connectivity index (χ0) is 19.0. The first-order valence-corrected chi connectivity index (χ1v) is 10.6. The van der Waals surface area contributed by atoms with Crippen molar-refractivity contribution >= 4 is 26.7 Å². The zero-order valence-electron chi connectivity index (χ0n) is 15.3. The highest BCUT2D eigenvalue weighted by molar-refractivity contribution is 7.92. The van der Waals surface area contributed by atoms with Crippen LogP contribution in [-0.2, 0) is 29.7 Å². The Morgan fingerprint density at radius 2 is 1.93 bits per heavy atom. The SMILES string of the molecule is COc1ccc(CN2CCn3c(nc4cc(NS(C)(=O)=O)ccc43)C2)cc1. The molecule has 1 aromatic heterocycles. The molecule has 0 atom stereocenters. The van der Waals surface area contributed by atoms with E-state index in [0.717, 1.165) is 55.0 Å². The molecular weight excluding hydrogens is 364 g/mol. The van der Waals surface area contributed by atoms with Crippen LogP contribution in [0.5, 0.6) is 5.75 Å². The number of nitrogens with one attached hydrogen (secondary N) is 1. The Morgan fingerprint density at radius 3 is 2.63 bits per heavy atom. The lowest BCUT2D eigenvalue weighted by Crippen LogP contribution is -2.33. The van der Waals surface area contributed by atoms with Gasteiger partial charge in [0.25, 0.3) is 0 Å². The van der Waals surface area contributed by atoms with Crippen LogP contribution in [0.3, 0.4) is 0 Å². The molecule has 3 aromatic rings. The number of rotatable bonds is 5. The van der Waals surface area contributed by atoms with E-state index in [2.05, 4.69) is 26.3 Å². The first-order chi connectivity index (χ1) is 12.9. The number of ether oxygens (including phenoxy) is 1. The quantitative estimate of drug-likeness (QED) is 0.729. The fourth-order valence-electron chi connectivity index (χ4n) is 3.47. The predicted octanol–water partition coefficient (Wildman–Crippen LogP) is 2.43. The van der Waals surface area contributed by atoms with Gasteiger partial charge in [0.2, 0.25) is 10.0 Å². The molecule has 2 aromatic carbocycles. The summed E-state index contributed by atoms with van der Waals surface area (Å²) < 4.78 is 32.8. The molecule has 4 rings (SSSR count). The molecule has 0 saturated heterocycles. The number of imidazole rings is 1. The third kappa shape index (κ3) is 3.91. The molecule has 0 bridgehead atoms. The van der Waals surface area contributed by atoms with Crippen molar-refractivity contribution in [3.63, 3.8) is 0 Å². The minimum atomic E-state index is -3.30. The zero-order valence-corrected chi connectivity index (χ0v) is 16.2. The normalized spacial score (nSPS) is 14.9. The van der Waals surface area contributed by atoms with Crippen LogP contribution >= 0.6 is 0 Å². The van der Waals surface area contributed by atoms with Crippen molar-refractivity contribution in [2.45, 2.75) is 19.6 Å². The van der Waals surface area contributed by atoms with E-state index in [0.29, 0.717) is 5.69 Å². The van der Waals surface area contributed by atoms with Gasteiger partial charge < -0.3 is 9.30 Å². The van der Waals surface area contributed by atoms with Crippen LogP contribution in [-0.4, -0.2) is 42.8 Å². The Hall–Kier alpha value is -2.58. The molecule has 8 heteroatoms. The molecule has 1 aliphatic heterocycles. The highest BCUT2D eigenvalue weighted by atomic mass is 32.2. The second kappa shape index (κ2) is 6.86. The summed E-state index contributed by atoms with van der Waals surface area (Å²) >= 11 is 0. The largest absolute Gasteiger partial charge is 0.497 e. The van der Waals surface area contributed by atoms with Gasteiger partial charge in [-0.25, -0.2) is 13.4 Å². The molecule has 142 valence electrons. The number of anilines is 1. The van der Waals surface area contributed by atoms with Gasteiger partial charge in [-0.05, 0) is 35.9 Å². The van der Waals surface area contributed by atoms with Crippen LogP contribution in [0.1, 0.15) is 11.4 Å². The monoisotopic (exact) mass is 386 g/mol. The van der Waals surface area contributed by atoms with E-state index >= 15 is 0 Å². The van der Waals surface area contributed by atoms with Crippen LogP contribution in [0.2, 0.25) is 0 Å². The Kier molecular flexibility index (Phi) is 4.53. The van der Waals surface area contributed by atoms with Crippen molar-refractivity contribution in [2.75, 3.05) is 24.6 Å². The third-order valence-corrected chi connectivity index (χ3v) is 5.31. The van der Waals surface area contributed by atoms with Crippen molar-refractivity contribution in [1.29, 1.82) is 0 Å². The smallest absolute Gasteiger partial charge is 0.229 e. The minimum Gasteiger partial charge on any atom is -0.497 e. The molecule has 0 radical (unpaired) electrons. The highest BCUT2D eigenvalue weighted by Gasteiger charge is 2.20. The van der Waals surface area contributed by atoms with Gasteiger partial charge in [-0.2, -0.15) is 0 Å². The maximum atomic E-state index is 11.4. The first-order valence-electron chi connectivity index (χ1n) is 8.73. The number of benzene rings is 2. The summed E-state index contributed by atoms with van der Waals surface area (Å²) in [5, 5.41) is 0. The van der Waals surface area contributed by atoms with Crippen LogP contribution in [0.4, 0.5) is 5.69 Å². The second-order valence-electron chi connectivity index (χ2n) is 6.82. The number of methoxy groups -OCH3 is 1. The van der Waals surface area contributed by atoms with Crippen LogP contribution < -0.4 is 9.46 Å². The fraction of sp³-hybridized carbons (Fsp3) is 0.316. The maximum absolute atomic E-state index is 11.4. The van der Waals surface area contributed by atoms with Crippen molar-refractivity contribution in [1.82, 2.24) is 14.5 Å². The van der Waals surface area contributed by atoms with E-state index in [-0.39, 0.29) is 0 Å². The molecule has 1 aliphatic rings. The topological polar surface area (TPSA) is 76.5 Å². The van der Waals surface area contributed by atoms with Gasteiger partial charge in [0.05, 0.1) is 36.6 Å². The summed E-state index contributed by atoms with van der Waals surface area (Å²) in [5.74, 6) is 1.86. The van der Waals surface area contributed by atoms with Gasteiger partial charge in [-0.1, -0.05) is 12.1 Å². The molecule has 0 spiro atoms. The number of hydrogen-bond acceptors (Lipinski definition) is 5. The van der Waals surface area contributed by atoms with E-state index in [1.165, 1.54) is 5.56 Å². The molecule has 1 N–H and O–H groups in total. The van der Waals surface area contributed by atoms with Crippen molar-refractivity contribution in [3.8, 4) is 5.75 Å². The fourth-order valence-corrected chi connectivity index (χ4v) is 4.03. The standard InChI is InChI=1S/C19H22N4O3S/c1-26-16-6-3-14(4-7-16)12-22-9-10-23-18-8-5-15(21-27(2,24)25)11-17(18)20-19(23)13-22/h3-8,11,21H,9-10,12-13H2,1-2H3. The van der Waals surface area contributed by atoms with Gasteiger partial charge in [-0.15, -0.1) is 0 Å². The summed E-state index contributed by atoms with van der Waals surface area (Å²) in [6, 6.07) is 13.6. The van der Waals surface area contributed by atoms with E-state index in [4.69, 9.17) is 9.72 Å². The van der Waals surface area contributed by atoms with Gasteiger partial charge in [0.1, 0.15) is 11.6 Å². The number of hydrogen-bond donors (Lipinski definition) is 1. The van der Waals surface area contributed by atoms with Gasteiger partial charge in [0, 0.05) is 19.6 Å². The minimum absolute atomic E-state index is 0.538. The predicted molar refractivity (Wildman–Crippen MR) is 105 cm³/mol. The molecule has 0 saturated carbocycles. The Balaban J connectivity index is 1.54. The number of fused-ring (bicyclic) bond motifs is 3. The van der Waals surface area contributed by atoms with Gasteiger partial charge in [-0.3, -0.25) is 9.62 Å². The van der Waals surface area contributed by atoms with Gasteiger partial charge in [0.15, 0.2) is 0 Å². The summed E-state index contributed by atoms with van der Waals surface area (Å²) in [6.07, 6.45) is 1.15. The molecule has 0 unspecified atom stereocenters. The summed E-state index contributed by atoms with van der Waals surface area (Å²) in [5.41, 5.74) is 3.62. The Labute approximate surface area is 158 Å². The summed E-state index contributed by atoms with van der Waals surface area (Å²) in [6.45, 7) is 3.41. The lowest BCUT2D eigenvalue weighted by atomic mass is 10.2. The average Bonchev–Trinajstić information content (AvgIpc) is 2.97. The van der Waals surface area contributed by atoms with E-state index in [1.54, 1.807) is 19.2 Å². The molecule has 2 heterocycles. The van der Waals surface area contributed by atoms with Crippen LogP contribution in [0.15, 0.2) is 42.5 Å². The molecule has 0 aliphatic carbocycles. The maximum Gasteiger partial charge on any atom is 0.229 e. The first kappa shape index (κ1) is 17.8. The Morgan fingerprint density at radius 1 is 1.15 bits per heavy atom. The molecule has 0 fully saturated rings. The average molecular weight is 386 g/mol. The Bertz CT molecular complexity index is 1070. The number of nitrogens with zero attached hydrogens (tertiary/aromatic N) is 3. The second-order valence-corrected chi connectivity index (χ2v) is 8.56. The van der Waals surface area contributed by atoms with Crippen molar-refractivity contribution in [2.24, 2.45) is 0 Å². The third-order valence-electron chi connectivity index (χ3n) is 4.70. The van der Waals surface area contributed by atoms with Crippen LogP contribution in [0, 0.1) is 0 Å². The number of aromatic nitrogens is 2.